The molecule has 0 saturated carbocycles. The van der Waals surface area contributed by atoms with Crippen molar-refractivity contribution in [3.05, 3.63) is 65.5 Å². The monoisotopic (exact) mass is 373 g/mol. The predicted octanol–water partition coefficient (Wildman–Crippen LogP) is 2.72. The molecule has 142 valence electrons. The molecule has 0 heterocycles. The number of rotatable bonds is 8. The van der Waals surface area contributed by atoms with Gasteiger partial charge in [0.2, 0.25) is 0 Å². The van der Waals surface area contributed by atoms with E-state index in [-0.39, 0.29) is 6.54 Å². The van der Waals surface area contributed by atoms with Crippen LogP contribution in [-0.4, -0.2) is 32.7 Å². The first kappa shape index (κ1) is 20.0. The van der Waals surface area contributed by atoms with Gasteiger partial charge in [-0.2, -0.15) is 0 Å². The normalized spacial score (nSPS) is 10.5. The Hall–Kier alpha value is -3.35. The van der Waals surface area contributed by atoms with E-state index in [1.54, 1.807) is 36.4 Å². The van der Waals surface area contributed by atoms with Crippen molar-refractivity contribution in [1.29, 1.82) is 0 Å². The number of benzene rings is 2. The highest BCUT2D eigenvalue weighted by molar-refractivity contribution is 5.89. The van der Waals surface area contributed by atoms with Gasteiger partial charge in [-0.15, -0.1) is 0 Å². The van der Waals surface area contributed by atoms with Crippen molar-refractivity contribution in [2.75, 3.05) is 20.8 Å². The molecule has 0 aromatic heterocycles. The Bertz CT molecular complexity index is 835. The Kier molecular flexibility index (Phi) is 7.37. The Morgan fingerprint density at radius 2 is 1.81 bits per heavy atom. The molecular formula is C20H20FNO5. The average molecular weight is 373 g/mol. The molecule has 0 atom stereocenters. The fourth-order valence-electron chi connectivity index (χ4n) is 2.19. The number of esters is 1. The van der Waals surface area contributed by atoms with Crippen molar-refractivity contribution in [2.24, 2.45) is 0 Å². The summed E-state index contributed by atoms with van der Waals surface area (Å²) in [6.07, 6.45) is 2.73. The van der Waals surface area contributed by atoms with Gasteiger partial charge in [0.15, 0.2) is 18.1 Å². The number of nitrogens with one attached hydrogen (secondary N) is 1. The van der Waals surface area contributed by atoms with Crippen molar-refractivity contribution < 1.29 is 28.2 Å². The smallest absolute Gasteiger partial charge is 0.331 e. The predicted molar refractivity (Wildman–Crippen MR) is 97.8 cm³/mol. The zero-order chi connectivity index (χ0) is 19.6. The first-order valence-electron chi connectivity index (χ1n) is 8.10. The number of hydrogen-bond donors (Lipinski definition) is 1. The number of methoxy groups -OCH3 is 2. The Morgan fingerprint density at radius 3 is 2.52 bits per heavy atom. The van der Waals surface area contributed by atoms with E-state index in [9.17, 15) is 14.0 Å². The second-order valence-corrected chi connectivity index (χ2v) is 5.42. The first-order valence-corrected chi connectivity index (χ1v) is 8.10. The molecule has 27 heavy (non-hydrogen) atoms. The van der Waals surface area contributed by atoms with Gasteiger partial charge in [0.05, 0.1) is 14.2 Å². The summed E-state index contributed by atoms with van der Waals surface area (Å²) in [4.78, 5) is 23.4. The quantitative estimate of drug-likeness (QED) is 0.569. The molecule has 0 unspecified atom stereocenters. The van der Waals surface area contributed by atoms with Gasteiger partial charge >= 0.3 is 5.97 Å². The molecule has 0 fully saturated rings. The van der Waals surface area contributed by atoms with Crippen LogP contribution in [0.1, 0.15) is 11.1 Å². The van der Waals surface area contributed by atoms with Crippen LogP contribution in [0.2, 0.25) is 0 Å². The largest absolute Gasteiger partial charge is 0.493 e. The second kappa shape index (κ2) is 9.96. The van der Waals surface area contributed by atoms with Gasteiger partial charge in [0.25, 0.3) is 5.91 Å². The number of hydrogen-bond acceptors (Lipinski definition) is 5. The Balaban J connectivity index is 1.81. The van der Waals surface area contributed by atoms with Gasteiger partial charge in [-0.3, -0.25) is 4.79 Å². The van der Waals surface area contributed by atoms with Crippen LogP contribution in [0.5, 0.6) is 11.5 Å². The molecule has 1 amide bonds. The van der Waals surface area contributed by atoms with E-state index < -0.39 is 24.3 Å². The second-order valence-electron chi connectivity index (χ2n) is 5.42. The number of carbonyl (C=O) groups is 2. The van der Waals surface area contributed by atoms with E-state index in [2.05, 4.69) is 5.32 Å². The van der Waals surface area contributed by atoms with Gasteiger partial charge < -0.3 is 19.5 Å². The van der Waals surface area contributed by atoms with Crippen molar-refractivity contribution >= 4 is 18.0 Å². The van der Waals surface area contributed by atoms with E-state index in [1.165, 1.54) is 32.4 Å². The minimum Gasteiger partial charge on any atom is -0.493 e. The highest BCUT2D eigenvalue weighted by Crippen LogP contribution is 2.27. The molecule has 0 spiro atoms. The van der Waals surface area contributed by atoms with Crippen LogP contribution >= 0.6 is 0 Å². The fraction of sp³-hybridized carbons (Fsp3) is 0.200. The number of carbonyl (C=O) groups excluding carboxylic acids is 2. The molecule has 0 radical (unpaired) electrons. The summed E-state index contributed by atoms with van der Waals surface area (Å²) in [5.41, 5.74) is 1.05. The summed E-state index contributed by atoms with van der Waals surface area (Å²) in [5, 5.41) is 2.49. The highest BCUT2D eigenvalue weighted by atomic mass is 19.1. The summed E-state index contributed by atoms with van der Waals surface area (Å²) in [6, 6.07) is 11.3. The molecular weight excluding hydrogens is 353 g/mol. The summed E-state index contributed by atoms with van der Waals surface area (Å²) < 4.78 is 28.6. The summed E-state index contributed by atoms with van der Waals surface area (Å²) >= 11 is 0. The van der Waals surface area contributed by atoms with E-state index >= 15 is 0 Å². The van der Waals surface area contributed by atoms with Crippen LogP contribution in [0.15, 0.2) is 48.5 Å². The van der Waals surface area contributed by atoms with Gasteiger partial charge in [0.1, 0.15) is 5.82 Å². The molecule has 0 aliphatic rings. The standard InChI is InChI=1S/C20H20FNO5/c1-25-17-9-7-14(11-18(17)26-2)8-10-20(24)27-13-19(23)22-12-15-5-3-4-6-16(15)21/h3-11H,12-13H2,1-2H3,(H,22,23)/b10-8+. The Labute approximate surface area is 156 Å². The summed E-state index contributed by atoms with van der Waals surface area (Å²) in [6.45, 7) is -0.436. The molecule has 2 rings (SSSR count). The third-order valence-corrected chi connectivity index (χ3v) is 3.60. The SMILES string of the molecule is COc1ccc(/C=C/C(=O)OCC(=O)NCc2ccccc2F)cc1OC. The summed E-state index contributed by atoms with van der Waals surface area (Å²) in [5.74, 6) is -0.506. The molecule has 7 heteroatoms. The lowest BCUT2D eigenvalue weighted by atomic mass is 10.2. The highest BCUT2D eigenvalue weighted by Gasteiger charge is 2.07. The van der Waals surface area contributed by atoms with Gasteiger partial charge in [-0.25, -0.2) is 9.18 Å². The average Bonchev–Trinajstić information content (AvgIpc) is 2.69. The van der Waals surface area contributed by atoms with E-state index in [0.717, 1.165) is 0 Å². The van der Waals surface area contributed by atoms with Gasteiger partial charge in [-0.1, -0.05) is 24.3 Å². The maximum atomic E-state index is 13.5. The van der Waals surface area contributed by atoms with Crippen LogP contribution in [0.3, 0.4) is 0 Å². The van der Waals surface area contributed by atoms with Crippen molar-refractivity contribution in [1.82, 2.24) is 5.32 Å². The zero-order valence-corrected chi connectivity index (χ0v) is 15.0. The van der Waals surface area contributed by atoms with Gasteiger partial charge in [0, 0.05) is 18.2 Å². The van der Waals surface area contributed by atoms with Crippen molar-refractivity contribution in [3.63, 3.8) is 0 Å². The third-order valence-electron chi connectivity index (χ3n) is 3.60. The zero-order valence-electron chi connectivity index (χ0n) is 15.0. The fourth-order valence-corrected chi connectivity index (χ4v) is 2.19. The minimum absolute atomic E-state index is 0.0184. The molecule has 1 N–H and O–H groups in total. The van der Waals surface area contributed by atoms with Crippen LogP contribution in [0.25, 0.3) is 6.08 Å². The lowest BCUT2D eigenvalue weighted by Gasteiger charge is -2.07. The van der Waals surface area contributed by atoms with E-state index in [0.29, 0.717) is 22.6 Å². The lowest BCUT2D eigenvalue weighted by molar-refractivity contribution is -0.143. The maximum Gasteiger partial charge on any atom is 0.331 e. The van der Waals surface area contributed by atoms with Crippen LogP contribution < -0.4 is 14.8 Å². The number of halogens is 1. The maximum absolute atomic E-state index is 13.5. The topological polar surface area (TPSA) is 73.9 Å². The Morgan fingerprint density at radius 1 is 1.07 bits per heavy atom. The van der Waals surface area contributed by atoms with Crippen molar-refractivity contribution in [2.45, 2.75) is 6.54 Å². The molecule has 0 bridgehead atoms. The molecule has 0 aliphatic carbocycles. The first-order chi connectivity index (χ1) is 13.0. The van der Waals surface area contributed by atoms with Gasteiger partial charge in [-0.05, 0) is 29.8 Å². The molecule has 2 aromatic rings. The molecule has 0 aliphatic heterocycles. The van der Waals surface area contributed by atoms with Crippen LogP contribution in [0.4, 0.5) is 4.39 Å². The third kappa shape index (κ3) is 6.14. The van der Waals surface area contributed by atoms with E-state index in [1.807, 2.05) is 0 Å². The minimum atomic E-state index is -0.675. The molecule has 6 nitrogen and oxygen atoms in total. The number of ether oxygens (including phenoxy) is 3. The van der Waals surface area contributed by atoms with Crippen LogP contribution in [-0.2, 0) is 20.9 Å². The number of amides is 1. The van der Waals surface area contributed by atoms with Crippen molar-refractivity contribution in [3.8, 4) is 11.5 Å². The summed E-state index contributed by atoms with van der Waals surface area (Å²) in [7, 11) is 3.04. The molecule has 2 aromatic carbocycles. The molecule has 0 saturated heterocycles. The van der Waals surface area contributed by atoms with E-state index in [4.69, 9.17) is 14.2 Å². The van der Waals surface area contributed by atoms with Crippen LogP contribution in [0, 0.1) is 5.82 Å². The lowest BCUT2D eigenvalue weighted by Crippen LogP contribution is -2.28.